The first kappa shape index (κ1) is 47.9. The Morgan fingerprint density at radius 1 is 0.606 bits per heavy atom. The maximum absolute atomic E-state index is 13.4. The number of esters is 1. The van der Waals surface area contributed by atoms with Crippen molar-refractivity contribution in [2.24, 2.45) is 0 Å². The summed E-state index contributed by atoms with van der Waals surface area (Å²) in [6, 6.07) is 30.7. The smallest absolute Gasteiger partial charge is 0.339 e. The zero-order valence-corrected chi connectivity index (χ0v) is 37.9. The van der Waals surface area contributed by atoms with Gasteiger partial charge in [0.15, 0.2) is 11.5 Å². The molecule has 3 heterocycles. The third kappa shape index (κ3) is 13.5. The van der Waals surface area contributed by atoms with Crippen molar-refractivity contribution in [3.05, 3.63) is 125 Å². The average Bonchev–Trinajstić information content (AvgIpc) is 3.34. The normalized spacial score (nSPS) is 12.6. The molecule has 0 atom stereocenters. The number of carbonyl (C=O) groups excluding carboxylic acids is 2. The summed E-state index contributed by atoms with van der Waals surface area (Å²) < 4.78 is 49.9. The molecule has 1 N–H and O–H groups in total. The van der Waals surface area contributed by atoms with E-state index in [1.165, 1.54) is 23.8 Å². The molecule has 2 aromatic heterocycles. The second kappa shape index (κ2) is 25.0. The van der Waals surface area contributed by atoms with Crippen molar-refractivity contribution in [1.29, 1.82) is 0 Å². The SMILES string of the molecule is COCCOCCOCCOc1cc2c(cc1OCCOCCOCCOC)CN(Cc1ccc3nc(-c4ccc(C(=O)OC)c(NC(=O)c5ccc6ccccc6n5)c4)ccc3c1)CC2. The van der Waals surface area contributed by atoms with Crippen LogP contribution in [0.2, 0.25) is 0 Å². The molecule has 348 valence electrons. The molecule has 1 aliphatic rings. The monoisotopic (exact) mass is 902 g/mol. The fourth-order valence-electron chi connectivity index (χ4n) is 7.50. The minimum atomic E-state index is -0.571. The Balaban J connectivity index is 0.991. The molecule has 15 nitrogen and oxygen atoms in total. The highest BCUT2D eigenvalue weighted by molar-refractivity contribution is 6.08. The van der Waals surface area contributed by atoms with E-state index in [9.17, 15) is 9.59 Å². The molecule has 0 saturated heterocycles. The summed E-state index contributed by atoms with van der Waals surface area (Å²) in [5, 5.41) is 4.80. The van der Waals surface area contributed by atoms with Gasteiger partial charge in [-0.3, -0.25) is 9.69 Å². The van der Waals surface area contributed by atoms with Gasteiger partial charge in [-0.15, -0.1) is 0 Å². The van der Waals surface area contributed by atoms with Crippen LogP contribution in [0.3, 0.4) is 0 Å². The van der Waals surface area contributed by atoms with Crippen molar-refractivity contribution >= 4 is 39.4 Å². The topological polar surface area (TPSA) is 158 Å². The summed E-state index contributed by atoms with van der Waals surface area (Å²) in [5.41, 5.74) is 7.26. The summed E-state index contributed by atoms with van der Waals surface area (Å²) in [5.74, 6) is 0.337. The first-order valence-corrected chi connectivity index (χ1v) is 22.1. The Bertz CT molecular complexity index is 2540. The van der Waals surface area contributed by atoms with Crippen molar-refractivity contribution in [2.75, 3.05) is 112 Å². The summed E-state index contributed by atoms with van der Waals surface area (Å²) in [7, 11) is 4.60. The van der Waals surface area contributed by atoms with Crippen LogP contribution in [0, 0.1) is 0 Å². The molecule has 1 aliphatic heterocycles. The highest BCUT2D eigenvalue weighted by Gasteiger charge is 2.22. The lowest BCUT2D eigenvalue weighted by Gasteiger charge is -2.30. The molecule has 0 aliphatic carbocycles. The zero-order valence-electron chi connectivity index (χ0n) is 37.9. The Hall–Kier alpha value is -6.04. The number of amides is 1. The van der Waals surface area contributed by atoms with E-state index in [2.05, 4.69) is 39.5 Å². The van der Waals surface area contributed by atoms with Crippen LogP contribution in [0.1, 0.15) is 37.5 Å². The summed E-state index contributed by atoms with van der Waals surface area (Å²) in [6.07, 6.45) is 0.863. The third-order valence-electron chi connectivity index (χ3n) is 10.9. The van der Waals surface area contributed by atoms with Crippen LogP contribution in [0.5, 0.6) is 11.5 Å². The number of benzene rings is 4. The summed E-state index contributed by atoms with van der Waals surface area (Å²) in [4.78, 5) is 38.1. The number of anilines is 1. The lowest BCUT2D eigenvalue weighted by molar-refractivity contribution is 0.0159. The number of nitrogens with zero attached hydrogens (tertiary/aromatic N) is 3. The Labute approximate surface area is 385 Å². The lowest BCUT2D eigenvalue weighted by Crippen LogP contribution is -2.30. The van der Waals surface area contributed by atoms with Crippen molar-refractivity contribution in [3.63, 3.8) is 0 Å². The minimum Gasteiger partial charge on any atom is -0.487 e. The van der Waals surface area contributed by atoms with Crippen LogP contribution in [0.25, 0.3) is 33.1 Å². The molecular weight excluding hydrogens is 845 g/mol. The lowest BCUT2D eigenvalue weighted by atomic mass is 9.98. The molecule has 6 aromatic rings. The van der Waals surface area contributed by atoms with Gasteiger partial charge in [-0.2, -0.15) is 0 Å². The van der Waals surface area contributed by atoms with Crippen LogP contribution < -0.4 is 14.8 Å². The number of aromatic nitrogens is 2. The van der Waals surface area contributed by atoms with Gasteiger partial charge in [0.2, 0.25) is 0 Å². The van der Waals surface area contributed by atoms with Gasteiger partial charge in [0.25, 0.3) is 5.91 Å². The maximum atomic E-state index is 13.4. The van der Waals surface area contributed by atoms with E-state index >= 15 is 0 Å². The molecule has 0 radical (unpaired) electrons. The highest BCUT2D eigenvalue weighted by atomic mass is 16.6. The number of fused-ring (bicyclic) bond motifs is 3. The Morgan fingerprint density at radius 3 is 1.94 bits per heavy atom. The van der Waals surface area contributed by atoms with E-state index in [-0.39, 0.29) is 11.3 Å². The van der Waals surface area contributed by atoms with Crippen molar-refractivity contribution in [3.8, 4) is 22.8 Å². The Morgan fingerprint density at radius 2 is 1.24 bits per heavy atom. The Kier molecular flexibility index (Phi) is 18.2. The first-order valence-electron chi connectivity index (χ1n) is 22.1. The number of ether oxygens (including phenoxy) is 9. The molecule has 0 spiro atoms. The fourth-order valence-corrected chi connectivity index (χ4v) is 7.50. The summed E-state index contributed by atoms with van der Waals surface area (Å²) >= 11 is 0. The van der Waals surface area contributed by atoms with E-state index in [0.29, 0.717) is 108 Å². The van der Waals surface area contributed by atoms with E-state index in [1.807, 2.05) is 48.5 Å². The third-order valence-corrected chi connectivity index (χ3v) is 10.9. The molecular formula is C51H58N4O11. The second-order valence-corrected chi connectivity index (χ2v) is 15.5. The quantitative estimate of drug-likeness (QED) is 0.0432. The van der Waals surface area contributed by atoms with Crippen LogP contribution in [0.4, 0.5) is 5.69 Å². The number of methoxy groups -OCH3 is 3. The van der Waals surface area contributed by atoms with Gasteiger partial charge in [-0.25, -0.2) is 14.8 Å². The standard InChI is InChI=1S/C51H58N4O11/c1-58-18-20-61-22-24-63-26-28-65-48-32-38-16-17-55(35-41(38)33-49(48)66-29-27-64-25-23-62-21-19-59-2)34-36-8-13-44-39(30-36)11-14-45(52-44)40-9-12-42(51(57)60-3)47(31-40)54-50(56)46-15-10-37-6-4-5-7-43(37)53-46/h4-15,30-33H,16-29,34-35H2,1-3H3,(H,54,56). The number of para-hydroxylation sites is 1. The van der Waals surface area contributed by atoms with E-state index in [1.54, 1.807) is 38.5 Å². The van der Waals surface area contributed by atoms with Crippen molar-refractivity contribution in [2.45, 2.75) is 19.5 Å². The fraction of sp³-hybridized carbons (Fsp3) is 0.373. The number of hydrogen-bond donors (Lipinski definition) is 1. The maximum Gasteiger partial charge on any atom is 0.339 e. The molecule has 7 rings (SSSR count). The number of carbonyl (C=O) groups is 2. The zero-order chi connectivity index (χ0) is 45.9. The summed E-state index contributed by atoms with van der Waals surface area (Å²) in [6.45, 7) is 8.03. The van der Waals surface area contributed by atoms with Gasteiger partial charge >= 0.3 is 5.97 Å². The van der Waals surface area contributed by atoms with Gasteiger partial charge in [0, 0.05) is 50.2 Å². The number of rotatable bonds is 26. The van der Waals surface area contributed by atoms with E-state index < -0.39 is 11.9 Å². The molecule has 0 bridgehead atoms. The molecule has 1 amide bonds. The van der Waals surface area contributed by atoms with E-state index in [4.69, 9.17) is 47.6 Å². The second-order valence-electron chi connectivity index (χ2n) is 15.5. The van der Waals surface area contributed by atoms with Gasteiger partial charge < -0.3 is 47.9 Å². The first-order chi connectivity index (χ1) is 32.4. The number of hydrogen-bond acceptors (Lipinski definition) is 14. The highest BCUT2D eigenvalue weighted by Crippen LogP contribution is 2.35. The molecule has 0 saturated carbocycles. The molecule has 15 heteroatoms. The predicted molar refractivity (Wildman–Crippen MR) is 250 cm³/mol. The molecule has 4 aromatic carbocycles. The number of nitrogens with one attached hydrogen (secondary N) is 1. The van der Waals surface area contributed by atoms with Gasteiger partial charge in [0.1, 0.15) is 18.9 Å². The molecule has 0 unspecified atom stereocenters. The molecule has 0 fully saturated rings. The van der Waals surface area contributed by atoms with Crippen molar-refractivity contribution < 1.29 is 52.2 Å². The van der Waals surface area contributed by atoms with Gasteiger partial charge in [-0.05, 0) is 77.7 Å². The van der Waals surface area contributed by atoms with Crippen molar-refractivity contribution in [1.82, 2.24) is 14.9 Å². The largest absolute Gasteiger partial charge is 0.487 e. The number of pyridine rings is 2. The van der Waals surface area contributed by atoms with E-state index in [0.717, 1.165) is 47.9 Å². The van der Waals surface area contributed by atoms with Gasteiger partial charge in [-0.1, -0.05) is 42.5 Å². The van der Waals surface area contributed by atoms with Crippen LogP contribution in [-0.4, -0.2) is 134 Å². The van der Waals surface area contributed by atoms with Crippen LogP contribution in [0.15, 0.2) is 97.1 Å². The van der Waals surface area contributed by atoms with Crippen LogP contribution >= 0.6 is 0 Å². The average molecular weight is 903 g/mol. The predicted octanol–water partition coefficient (Wildman–Crippen LogP) is 7.16. The molecule has 66 heavy (non-hydrogen) atoms. The minimum absolute atomic E-state index is 0.220. The van der Waals surface area contributed by atoms with Crippen LogP contribution in [-0.2, 0) is 52.7 Å². The van der Waals surface area contributed by atoms with Gasteiger partial charge in [0.05, 0.1) is 101 Å².